The molecule has 1 atom stereocenters. The first-order valence-corrected chi connectivity index (χ1v) is 8.31. The molecule has 0 radical (unpaired) electrons. The Bertz CT molecular complexity index is 763. The van der Waals surface area contributed by atoms with Crippen LogP contribution in [0.4, 0.5) is 0 Å². The third-order valence-corrected chi connectivity index (χ3v) is 4.13. The van der Waals surface area contributed by atoms with Crippen molar-refractivity contribution in [2.75, 3.05) is 13.1 Å². The molecule has 6 nitrogen and oxygen atoms in total. The average Bonchev–Trinajstić information content (AvgIpc) is 3.14. The van der Waals surface area contributed by atoms with Gasteiger partial charge in [0.1, 0.15) is 17.7 Å². The number of nitrogens with one attached hydrogen (secondary N) is 3. The second-order valence-corrected chi connectivity index (χ2v) is 6.05. The van der Waals surface area contributed by atoms with E-state index >= 15 is 0 Å². The highest BCUT2D eigenvalue weighted by atomic mass is 35.5. The van der Waals surface area contributed by atoms with E-state index in [1.54, 1.807) is 24.3 Å². The van der Waals surface area contributed by atoms with Gasteiger partial charge in [-0.3, -0.25) is 10.2 Å². The summed E-state index contributed by atoms with van der Waals surface area (Å²) < 4.78 is 5.88. The lowest BCUT2D eigenvalue weighted by Crippen LogP contribution is -2.23. The maximum absolute atomic E-state index is 12.2. The molecule has 1 heterocycles. The van der Waals surface area contributed by atoms with Crippen LogP contribution in [0.2, 0.25) is 0 Å². The zero-order chi connectivity index (χ0) is 17.6. The maximum Gasteiger partial charge on any atom is 0.251 e. The molecule has 8 heteroatoms. The standard InChI is InChI=1S/C19H22N4O2.2ClH/c20-18(21)14-2-1-3-15(10-14)19(24)23-11-13-4-6-16(7-5-13)25-17-8-9-22-12-17;;/h1-7,10,17,22H,8-9,11-12H2,(H3,20,21)(H,23,24);2*1H. The van der Waals surface area contributed by atoms with Crippen molar-refractivity contribution in [2.24, 2.45) is 5.73 Å². The predicted molar refractivity (Wildman–Crippen MR) is 111 cm³/mol. The Labute approximate surface area is 171 Å². The summed E-state index contributed by atoms with van der Waals surface area (Å²) in [5.74, 6) is 0.598. The fourth-order valence-corrected chi connectivity index (χ4v) is 2.72. The molecule has 0 aliphatic carbocycles. The molecule has 0 bridgehead atoms. The third-order valence-electron chi connectivity index (χ3n) is 4.13. The van der Waals surface area contributed by atoms with E-state index in [9.17, 15) is 4.79 Å². The molecule has 1 unspecified atom stereocenters. The number of hydrogen-bond acceptors (Lipinski definition) is 4. The molecule has 0 saturated carbocycles. The van der Waals surface area contributed by atoms with Gasteiger partial charge in [0.15, 0.2) is 0 Å². The van der Waals surface area contributed by atoms with Gasteiger partial charge in [-0.2, -0.15) is 0 Å². The van der Waals surface area contributed by atoms with E-state index < -0.39 is 0 Å². The first kappa shape index (κ1) is 22.8. The Morgan fingerprint density at radius 1 is 1.19 bits per heavy atom. The molecule has 0 spiro atoms. The van der Waals surface area contributed by atoms with Crippen LogP contribution in [0.1, 0.15) is 27.9 Å². The van der Waals surface area contributed by atoms with Crippen LogP contribution < -0.4 is 21.1 Å². The molecule has 1 aliphatic rings. The Hall–Kier alpha value is -2.28. The van der Waals surface area contributed by atoms with Gasteiger partial charge in [0.05, 0.1) is 0 Å². The van der Waals surface area contributed by atoms with Gasteiger partial charge in [0.25, 0.3) is 5.91 Å². The summed E-state index contributed by atoms with van der Waals surface area (Å²) in [6, 6.07) is 14.5. The van der Waals surface area contributed by atoms with Crippen LogP contribution >= 0.6 is 24.8 Å². The number of nitrogens with two attached hydrogens (primary N) is 1. The summed E-state index contributed by atoms with van der Waals surface area (Å²) in [5.41, 5.74) is 7.47. The number of benzene rings is 2. The number of amides is 1. The molecule has 2 aromatic rings. The van der Waals surface area contributed by atoms with Crippen LogP contribution in [0.15, 0.2) is 48.5 Å². The van der Waals surface area contributed by atoms with Crippen molar-refractivity contribution in [2.45, 2.75) is 19.1 Å². The fraction of sp³-hybridized carbons (Fsp3) is 0.263. The lowest BCUT2D eigenvalue weighted by atomic mass is 10.1. The molecule has 2 aromatic carbocycles. The molecule has 0 aromatic heterocycles. The number of amidine groups is 1. The number of hydrogen-bond donors (Lipinski definition) is 4. The molecule has 3 rings (SSSR count). The van der Waals surface area contributed by atoms with Gasteiger partial charge < -0.3 is 21.1 Å². The number of halogens is 2. The van der Waals surface area contributed by atoms with Crippen LogP contribution in [-0.2, 0) is 6.54 Å². The Balaban J connectivity index is 0.00000182. The van der Waals surface area contributed by atoms with Gasteiger partial charge in [-0.05, 0) is 42.8 Å². The van der Waals surface area contributed by atoms with Crippen LogP contribution in [0, 0.1) is 5.41 Å². The SMILES string of the molecule is Cl.Cl.N=C(N)c1cccc(C(=O)NCc2ccc(OC3CCNC3)cc2)c1. The van der Waals surface area contributed by atoms with Crippen LogP contribution in [0.5, 0.6) is 5.75 Å². The quantitative estimate of drug-likeness (QED) is 0.434. The number of rotatable bonds is 6. The first-order valence-electron chi connectivity index (χ1n) is 8.31. The summed E-state index contributed by atoms with van der Waals surface area (Å²) in [6.45, 7) is 2.31. The van der Waals surface area contributed by atoms with E-state index in [0.29, 0.717) is 17.7 Å². The van der Waals surface area contributed by atoms with Gasteiger partial charge in [-0.15, -0.1) is 24.8 Å². The van der Waals surface area contributed by atoms with Gasteiger partial charge in [0, 0.05) is 24.2 Å². The predicted octanol–water partition coefficient (Wildman–Crippen LogP) is 2.48. The van der Waals surface area contributed by atoms with E-state index in [1.165, 1.54) is 0 Å². The molecule has 5 N–H and O–H groups in total. The summed E-state index contributed by atoms with van der Waals surface area (Å²) >= 11 is 0. The lowest BCUT2D eigenvalue weighted by Gasteiger charge is -2.13. The molecule has 1 saturated heterocycles. The highest BCUT2D eigenvalue weighted by Crippen LogP contribution is 2.16. The first-order chi connectivity index (χ1) is 12.1. The highest BCUT2D eigenvalue weighted by molar-refractivity contribution is 6.00. The van der Waals surface area contributed by atoms with Crippen molar-refractivity contribution >= 4 is 36.6 Å². The minimum atomic E-state index is -0.194. The lowest BCUT2D eigenvalue weighted by molar-refractivity contribution is 0.0951. The molecular formula is C19H24Cl2N4O2. The average molecular weight is 411 g/mol. The zero-order valence-electron chi connectivity index (χ0n) is 14.7. The van der Waals surface area contributed by atoms with Crippen LogP contribution in [0.3, 0.4) is 0 Å². The third kappa shape index (κ3) is 6.43. The largest absolute Gasteiger partial charge is 0.489 e. The summed E-state index contributed by atoms with van der Waals surface area (Å²) in [6.07, 6.45) is 1.26. The number of nitrogen functional groups attached to an aromatic ring is 1. The zero-order valence-corrected chi connectivity index (χ0v) is 16.4. The van der Waals surface area contributed by atoms with Crippen LogP contribution in [-0.4, -0.2) is 30.9 Å². The molecule has 146 valence electrons. The Morgan fingerprint density at radius 3 is 2.52 bits per heavy atom. The normalized spacial score (nSPS) is 15.2. The minimum Gasteiger partial charge on any atom is -0.489 e. The molecule has 1 amide bonds. The van der Waals surface area contributed by atoms with E-state index in [4.69, 9.17) is 15.9 Å². The van der Waals surface area contributed by atoms with Gasteiger partial charge >= 0.3 is 0 Å². The highest BCUT2D eigenvalue weighted by Gasteiger charge is 2.15. The Morgan fingerprint density at radius 2 is 1.89 bits per heavy atom. The van der Waals surface area contributed by atoms with E-state index in [1.807, 2.05) is 24.3 Å². The van der Waals surface area contributed by atoms with Crippen LogP contribution in [0.25, 0.3) is 0 Å². The smallest absolute Gasteiger partial charge is 0.251 e. The van der Waals surface area contributed by atoms with E-state index in [-0.39, 0.29) is 42.7 Å². The van der Waals surface area contributed by atoms with Gasteiger partial charge in [-0.25, -0.2) is 0 Å². The van der Waals surface area contributed by atoms with E-state index in [2.05, 4.69) is 10.6 Å². The Kier molecular flexibility index (Phi) is 9.08. The van der Waals surface area contributed by atoms with Crippen molar-refractivity contribution in [1.82, 2.24) is 10.6 Å². The molecule has 27 heavy (non-hydrogen) atoms. The second kappa shape index (κ2) is 10.8. The molecular weight excluding hydrogens is 387 g/mol. The fourth-order valence-electron chi connectivity index (χ4n) is 2.72. The number of carbonyl (C=O) groups is 1. The topological polar surface area (TPSA) is 100 Å². The van der Waals surface area contributed by atoms with Crippen molar-refractivity contribution in [3.63, 3.8) is 0 Å². The number of carbonyl (C=O) groups excluding carboxylic acids is 1. The summed E-state index contributed by atoms with van der Waals surface area (Å²) in [5, 5.41) is 13.6. The molecule has 1 fully saturated rings. The van der Waals surface area contributed by atoms with E-state index in [0.717, 1.165) is 30.8 Å². The van der Waals surface area contributed by atoms with Gasteiger partial charge in [-0.1, -0.05) is 24.3 Å². The van der Waals surface area contributed by atoms with Crippen molar-refractivity contribution in [1.29, 1.82) is 5.41 Å². The summed E-state index contributed by atoms with van der Waals surface area (Å²) in [4.78, 5) is 12.2. The van der Waals surface area contributed by atoms with Crippen molar-refractivity contribution < 1.29 is 9.53 Å². The van der Waals surface area contributed by atoms with Crippen molar-refractivity contribution in [3.8, 4) is 5.75 Å². The second-order valence-electron chi connectivity index (χ2n) is 6.05. The maximum atomic E-state index is 12.2. The number of ether oxygens (including phenoxy) is 1. The minimum absolute atomic E-state index is 0. The van der Waals surface area contributed by atoms with Crippen molar-refractivity contribution in [3.05, 3.63) is 65.2 Å². The summed E-state index contributed by atoms with van der Waals surface area (Å²) in [7, 11) is 0. The monoisotopic (exact) mass is 410 g/mol. The van der Waals surface area contributed by atoms with Gasteiger partial charge in [0.2, 0.25) is 0 Å². The molecule has 1 aliphatic heterocycles.